The van der Waals surface area contributed by atoms with Gasteiger partial charge in [-0.15, -0.1) is 0 Å². The van der Waals surface area contributed by atoms with E-state index in [-0.39, 0.29) is 24.9 Å². The highest BCUT2D eigenvalue weighted by Crippen LogP contribution is 2.32. The first-order chi connectivity index (χ1) is 12.1. The van der Waals surface area contributed by atoms with Crippen LogP contribution in [0.1, 0.15) is 18.4 Å². The van der Waals surface area contributed by atoms with E-state index in [0.29, 0.717) is 13.0 Å². The minimum Gasteiger partial charge on any atom is -0.469 e. The first kappa shape index (κ1) is 19.8. The molecule has 1 aliphatic rings. The number of hydrogen-bond donors (Lipinski definition) is 2. The zero-order chi connectivity index (χ0) is 18.2. The van der Waals surface area contributed by atoms with E-state index in [4.69, 9.17) is 14.2 Å². The fourth-order valence-electron chi connectivity index (χ4n) is 3.03. The summed E-state index contributed by atoms with van der Waals surface area (Å²) in [5.41, 5.74) is 0.961. The second-order valence-corrected chi connectivity index (χ2v) is 5.99. The SMILES string of the molecule is COC(=O)CC[C@@H]1[C@@H](OC)O[C@H](CO)[C@@H](O)[C@H]1OCc1ccccc1. The maximum Gasteiger partial charge on any atom is 0.305 e. The lowest BCUT2D eigenvalue weighted by Crippen LogP contribution is -2.57. The van der Waals surface area contributed by atoms with Crippen molar-refractivity contribution in [3.63, 3.8) is 0 Å². The van der Waals surface area contributed by atoms with Crippen molar-refractivity contribution in [1.82, 2.24) is 0 Å². The number of carbonyl (C=O) groups is 1. The smallest absolute Gasteiger partial charge is 0.305 e. The second-order valence-electron chi connectivity index (χ2n) is 5.99. The molecule has 2 rings (SSSR count). The predicted molar refractivity (Wildman–Crippen MR) is 88.5 cm³/mol. The Bertz CT molecular complexity index is 521. The molecule has 1 aromatic rings. The highest BCUT2D eigenvalue weighted by molar-refractivity contribution is 5.69. The van der Waals surface area contributed by atoms with Crippen LogP contribution in [0, 0.1) is 5.92 Å². The molecule has 0 aromatic heterocycles. The van der Waals surface area contributed by atoms with Crippen LogP contribution in [0.5, 0.6) is 0 Å². The van der Waals surface area contributed by atoms with Crippen LogP contribution >= 0.6 is 0 Å². The standard InChI is InChI=1S/C18H26O7/c1-22-15(20)9-8-13-17(24-11-12-6-4-3-5-7-12)16(21)14(10-19)25-18(13)23-2/h3-7,13-14,16-19,21H,8-11H2,1-2H3/t13-,14+,16+,17-,18-/m0/s1. The van der Waals surface area contributed by atoms with Gasteiger partial charge in [-0.2, -0.15) is 0 Å². The summed E-state index contributed by atoms with van der Waals surface area (Å²) in [7, 11) is 2.81. The van der Waals surface area contributed by atoms with Gasteiger partial charge in [0.25, 0.3) is 0 Å². The van der Waals surface area contributed by atoms with Gasteiger partial charge >= 0.3 is 5.97 Å². The van der Waals surface area contributed by atoms with Gasteiger partial charge in [-0.25, -0.2) is 0 Å². The summed E-state index contributed by atoms with van der Waals surface area (Å²) >= 11 is 0. The van der Waals surface area contributed by atoms with E-state index in [0.717, 1.165) is 5.56 Å². The predicted octanol–water partition coefficient (Wildman–Crippen LogP) is 0.866. The van der Waals surface area contributed by atoms with Gasteiger partial charge in [0.1, 0.15) is 12.2 Å². The number of esters is 1. The molecule has 5 atom stereocenters. The molecule has 0 radical (unpaired) electrons. The summed E-state index contributed by atoms with van der Waals surface area (Å²) in [6.07, 6.45) is -2.62. The Morgan fingerprint density at radius 3 is 2.56 bits per heavy atom. The van der Waals surface area contributed by atoms with Crippen molar-refractivity contribution in [2.75, 3.05) is 20.8 Å². The molecule has 1 fully saturated rings. The molecule has 25 heavy (non-hydrogen) atoms. The van der Waals surface area contributed by atoms with Crippen molar-refractivity contribution < 1.29 is 34.0 Å². The average Bonchev–Trinajstić information content (AvgIpc) is 2.65. The lowest BCUT2D eigenvalue weighted by molar-refractivity contribution is -0.288. The van der Waals surface area contributed by atoms with Crippen molar-refractivity contribution >= 4 is 5.97 Å². The Morgan fingerprint density at radius 2 is 1.96 bits per heavy atom. The third kappa shape index (κ3) is 5.23. The molecule has 1 aromatic carbocycles. The van der Waals surface area contributed by atoms with Crippen molar-refractivity contribution in [1.29, 1.82) is 0 Å². The monoisotopic (exact) mass is 354 g/mol. The van der Waals surface area contributed by atoms with Crippen LogP contribution < -0.4 is 0 Å². The van der Waals surface area contributed by atoms with Gasteiger partial charge in [0.2, 0.25) is 0 Å². The molecule has 140 valence electrons. The Labute approximate surface area is 147 Å². The first-order valence-electron chi connectivity index (χ1n) is 8.30. The maximum absolute atomic E-state index is 11.5. The Morgan fingerprint density at radius 1 is 1.24 bits per heavy atom. The molecule has 0 spiro atoms. The molecule has 7 nitrogen and oxygen atoms in total. The largest absolute Gasteiger partial charge is 0.469 e. The van der Waals surface area contributed by atoms with E-state index >= 15 is 0 Å². The van der Waals surface area contributed by atoms with Gasteiger partial charge in [-0.3, -0.25) is 4.79 Å². The Kier molecular flexibility index (Phi) is 7.80. The molecule has 1 saturated heterocycles. The maximum atomic E-state index is 11.5. The number of rotatable bonds is 8. The average molecular weight is 354 g/mol. The number of ether oxygens (including phenoxy) is 4. The van der Waals surface area contributed by atoms with Crippen LogP contribution in [0.15, 0.2) is 30.3 Å². The normalized spacial score (nSPS) is 29.4. The van der Waals surface area contributed by atoms with Gasteiger partial charge in [0.05, 0.1) is 26.4 Å². The highest BCUT2D eigenvalue weighted by Gasteiger charge is 2.45. The second kappa shape index (κ2) is 9.84. The third-order valence-corrected chi connectivity index (χ3v) is 4.41. The number of aliphatic hydroxyl groups is 2. The minimum atomic E-state index is -1.03. The van der Waals surface area contributed by atoms with Crippen molar-refractivity contribution in [2.24, 2.45) is 5.92 Å². The topological polar surface area (TPSA) is 94.5 Å². The van der Waals surface area contributed by atoms with Crippen LogP contribution in [-0.2, 0) is 30.3 Å². The first-order valence-corrected chi connectivity index (χ1v) is 8.30. The van der Waals surface area contributed by atoms with Crippen LogP contribution in [0.4, 0.5) is 0 Å². The molecule has 0 unspecified atom stereocenters. The lowest BCUT2D eigenvalue weighted by Gasteiger charge is -2.43. The van der Waals surface area contributed by atoms with Gasteiger partial charge in [0.15, 0.2) is 6.29 Å². The molecule has 0 amide bonds. The van der Waals surface area contributed by atoms with E-state index in [1.807, 2.05) is 30.3 Å². The minimum absolute atomic E-state index is 0.159. The summed E-state index contributed by atoms with van der Waals surface area (Å²) in [5, 5.41) is 20.0. The fraction of sp³-hybridized carbons (Fsp3) is 0.611. The quantitative estimate of drug-likeness (QED) is 0.669. The fourth-order valence-corrected chi connectivity index (χ4v) is 3.03. The zero-order valence-electron chi connectivity index (χ0n) is 14.5. The molecule has 0 bridgehead atoms. The van der Waals surface area contributed by atoms with E-state index < -0.39 is 24.6 Å². The summed E-state index contributed by atoms with van der Waals surface area (Å²) in [4.78, 5) is 11.5. The molecular formula is C18H26O7. The van der Waals surface area contributed by atoms with Crippen molar-refractivity contribution in [3.8, 4) is 0 Å². The summed E-state index contributed by atoms with van der Waals surface area (Å²) < 4.78 is 21.6. The van der Waals surface area contributed by atoms with Crippen LogP contribution in [0.25, 0.3) is 0 Å². The summed E-state index contributed by atoms with van der Waals surface area (Å²) in [6.45, 7) is -0.0538. The van der Waals surface area contributed by atoms with E-state index in [9.17, 15) is 15.0 Å². The molecular weight excluding hydrogens is 328 g/mol. The Balaban J connectivity index is 2.12. The highest BCUT2D eigenvalue weighted by atomic mass is 16.7. The van der Waals surface area contributed by atoms with Crippen LogP contribution in [0.2, 0.25) is 0 Å². The molecule has 2 N–H and O–H groups in total. The van der Waals surface area contributed by atoms with Crippen LogP contribution in [0.3, 0.4) is 0 Å². The lowest BCUT2D eigenvalue weighted by atomic mass is 9.87. The zero-order valence-corrected chi connectivity index (χ0v) is 14.5. The van der Waals surface area contributed by atoms with Crippen molar-refractivity contribution in [3.05, 3.63) is 35.9 Å². The van der Waals surface area contributed by atoms with Gasteiger partial charge in [-0.05, 0) is 12.0 Å². The molecule has 1 aliphatic heterocycles. The third-order valence-electron chi connectivity index (χ3n) is 4.41. The molecule has 1 heterocycles. The number of hydrogen-bond acceptors (Lipinski definition) is 7. The molecule has 7 heteroatoms. The van der Waals surface area contributed by atoms with Crippen molar-refractivity contribution in [2.45, 2.75) is 44.1 Å². The Hall–Kier alpha value is -1.51. The number of aliphatic hydroxyl groups excluding tert-OH is 2. The van der Waals surface area contributed by atoms with E-state index in [2.05, 4.69) is 4.74 Å². The van der Waals surface area contributed by atoms with Gasteiger partial charge in [0, 0.05) is 19.4 Å². The van der Waals surface area contributed by atoms with Gasteiger partial charge < -0.3 is 29.2 Å². The number of benzene rings is 1. The number of methoxy groups -OCH3 is 2. The van der Waals surface area contributed by atoms with E-state index in [1.165, 1.54) is 14.2 Å². The van der Waals surface area contributed by atoms with Gasteiger partial charge in [-0.1, -0.05) is 30.3 Å². The molecule has 0 saturated carbocycles. The summed E-state index contributed by atoms with van der Waals surface area (Å²) in [5.74, 6) is -0.721. The van der Waals surface area contributed by atoms with E-state index in [1.54, 1.807) is 0 Å². The summed E-state index contributed by atoms with van der Waals surface area (Å²) in [6, 6.07) is 9.57. The van der Waals surface area contributed by atoms with Crippen LogP contribution in [-0.4, -0.2) is 61.6 Å². The number of carbonyl (C=O) groups excluding carboxylic acids is 1. The molecule has 0 aliphatic carbocycles.